The smallest absolute Gasteiger partial charge is 0.344 e. The van der Waals surface area contributed by atoms with Crippen molar-refractivity contribution in [3.05, 3.63) is 62.7 Å². The summed E-state index contributed by atoms with van der Waals surface area (Å²) in [6.07, 6.45) is 0. The molecule has 0 heterocycles. The van der Waals surface area contributed by atoms with Gasteiger partial charge in [0.05, 0.1) is 4.92 Å². The molecule has 8 nitrogen and oxygen atoms in total. The molecular formula is C18H17ClN2O6. The van der Waals surface area contributed by atoms with Gasteiger partial charge in [0.1, 0.15) is 11.4 Å². The number of halogens is 1. The van der Waals surface area contributed by atoms with E-state index in [4.69, 9.17) is 21.1 Å². The molecular weight excluding hydrogens is 376 g/mol. The summed E-state index contributed by atoms with van der Waals surface area (Å²) in [5.41, 5.74) is 1.14. The third-order valence-electron chi connectivity index (χ3n) is 3.56. The number of ether oxygens (including phenoxy) is 2. The number of aryl methyl sites for hydroxylation is 2. The number of benzene rings is 2. The van der Waals surface area contributed by atoms with E-state index in [1.807, 2.05) is 0 Å². The van der Waals surface area contributed by atoms with E-state index in [1.165, 1.54) is 12.1 Å². The van der Waals surface area contributed by atoms with Gasteiger partial charge in [-0.15, -0.1) is 0 Å². The van der Waals surface area contributed by atoms with Crippen molar-refractivity contribution in [2.24, 2.45) is 0 Å². The van der Waals surface area contributed by atoms with Gasteiger partial charge in [0.25, 0.3) is 11.6 Å². The summed E-state index contributed by atoms with van der Waals surface area (Å²) < 4.78 is 10.1. The predicted octanol–water partition coefficient (Wildman–Crippen LogP) is 3.43. The van der Waals surface area contributed by atoms with Crippen LogP contribution in [0.1, 0.15) is 11.1 Å². The standard InChI is InChI=1S/C18H17ClN2O6/c1-11-4-3-5-15(21(24)25)18(11)20-16(22)9-27-17(23)10-26-13-6-7-14(19)12(2)8-13/h3-8H,9-10H2,1-2H3,(H,20,22). The summed E-state index contributed by atoms with van der Waals surface area (Å²) in [5, 5.41) is 14.0. The zero-order valence-electron chi connectivity index (χ0n) is 14.7. The van der Waals surface area contributed by atoms with E-state index in [-0.39, 0.29) is 11.4 Å². The van der Waals surface area contributed by atoms with E-state index in [2.05, 4.69) is 5.32 Å². The van der Waals surface area contributed by atoms with Gasteiger partial charge in [0, 0.05) is 11.1 Å². The molecule has 2 aromatic carbocycles. The Kier molecular flexibility index (Phi) is 6.73. The number of nitrogens with zero attached hydrogens (tertiary/aromatic N) is 1. The highest BCUT2D eigenvalue weighted by Gasteiger charge is 2.18. The minimum atomic E-state index is -0.753. The van der Waals surface area contributed by atoms with Gasteiger partial charge >= 0.3 is 5.97 Å². The Hall–Kier alpha value is -3.13. The number of carbonyl (C=O) groups is 2. The Morgan fingerprint density at radius 3 is 2.56 bits per heavy atom. The minimum absolute atomic E-state index is 0.0661. The van der Waals surface area contributed by atoms with Gasteiger partial charge in [-0.25, -0.2) is 4.79 Å². The van der Waals surface area contributed by atoms with E-state index in [1.54, 1.807) is 38.1 Å². The van der Waals surface area contributed by atoms with Crippen LogP contribution < -0.4 is 10.1 Å². The second kappa shape index (κ2) is 9.00. The Morgan fingerprint density at radius 1 is 1.15 bits per heavy atom. The Balaban J connectivity index is 1.86. The minimum Gasteiger partial charge on any atom is -0.482 e. The quantitative estimate of drug-likeness (QED) is 0.439. The van der Waals surface area contributed by atoms with Crippen LogP contribution in [0, 0.1) is 24.0 Å². The van der Waals surface area contributed by atoms with Crippen LogP contribution in [0.25, 0.3) is 0 Å². The highest BCUT2D eigenvalue weighted by Crippen LogP contribution is 2.27. The van der Waals surface area contributed by atoms with E-state index in [0.29, 0.717) is 16.3 Å². The number of para-hydroxylation sites is 1. The fourth-order valence-corrected chi connectivity index (χ4v) is 2.30. The average molecular weight is 393 g/mol. The maximum Gasteiger partial charge on any atom is 0.344 e. The number of nitrogens with one attached hydrogen (secondary N) is 1. The number of anilines is 1. The van der Waals surface area contributed by atoms with Crippen molar-refractivity contribution in [3.63, 3.8) is 0 Å². The molecule has 2 aromatic rings. The molecule has 0 saturated carbocycles. The second-order valence-corrected chi connectivity index (χ2v) is 6.04. The van der Waals surface area contributed by atoms with Crippen LogP contribution in [-0.4, -0.2) is 30.0 Å². The van der Waals surface area contributed by atoms with Gasteiger partial charge in [-0.3, -0.25) is 14.9 Å². The molecule has 0 fully saturated rings. The first kappa shape index (κ1) is 20.2. The van der Waals surface area contributed by atoms with Gasteiger partial charge in [-0.2, -0.15) is 0 Å². The number of hydrogen-bond acceptors (Lipinski definition) is 6. The summed E-state index contributed by atoms with van der Waals surface area (Å²) in [5.74, 6) is -1.01. The summed E-state index contributed by atoms with van der Waals surface area (Å²) >= 11 is 5.90. The van der Waals surface area contributed by atoms with Crippen LogP contribution in [-0.2, 0) is 14.3 Å². The molecule has 27 heavy (non-hydrogen) atoms. The van der Waals surface area contributed by atoms with Crippen molar-refractivity contribution >= 4 is 34.9 Å². The van der Waals surface area contributed by atoms with E-state index >= 15 is 0 Å². The molecule has 0 unspecified atom stereocenters. The van der Waals surface area contributed by atoms with Crippen molar-refractivity contribution in [1.82, 2.24) is 0 Å². The Morgan fingerprint density at radius 2 is 1.89 bits per heavy atom. The number of amides is 1. The van der Waals surface area contributed by atoms with Gasteiger partial charge in [0.15, 0.2) is 13.2 Å². The maximum atomic E-state index is 11.9. The SMILES string of the molecule is Cc1cc(OCC(=O)OCC(=O)Nc2c(C)cccc2[N+](=O)[O-])ccc1Cl. The lowest BCUT2D eigenvalue weighted by Crippen LogP contribution is -2.24. The van der Waals surface area contributed by atoms with Gasteiger partial charge in [-0.1, -0.05) is 23.7 Å². The van der Waals surface area contributed by atoms with Crippen molar-refractivity contribution < 1.29 is 24.0 Å². The number of esters is 1. The first-order chi connectivity index (χ1) is 12.8. The van der Waals surface area contributed by atoms with E-state index in [0.717, 1.165) is 5.56 Å². The van der Waals surface area contributed by atoms with E-state index < -0.39 is 30.0 Å². The molecule has 0 radical (unpaired) electrons. The fraction of sp³-hybridized carbons (Fsp3) is 0.222. The summed E-state index contributed by atoms with van der Waals surface area (Å²) in [4.78, 5) is 34.1. The highest BCUT2D eigenvalue weighted by molar-refractivity contribution is 6.31. The summed E-state index contributed by atoms with van der Waals surface area (Å²) in [7, 11) is 0. The highest BCUT2D eigenvalue weighted by atomic mass is 35.5. The zero-order chi connectivity index (χ0) is 20.0. The van der Waals surface area contributed by atoms with Gasteiger partial charge < -0.3 is 14.8 Å². The molecule has 0 aliphatic rings. The number of rotatable bonds is 7. The molecule has 142 valence electrons. The summed E-state index contributed by atoms with van der Waals surface area (Å²) in [6, 6.07) is 9.32. The van der Waals surface area contributed by atoms with Crippen LogP contribution >= 0.6 is 11.6 Å². The molecule has 0 saturated heterocycles. The molecule has 1 N–H and O–H groups in total. The van der Waals surface area contributed by atoms with Crippen molar-refractivity contribution in [2.75, 3.05) is 18.5 Å². The van der Waals surface area contributed by atoms with Crippen molar-refractivity contribution in [2.45, 2.75) is 13.8 Å². The lowest BCUT2D eigenvalue weighted by Gasteiger charge is -2.10. The lowest BCUT2D eigenvalue weighted by molar-refractivity contribution is -0.384. The molecule has 0 bridgehead atoms. The largest absolute Gasteiger partial charge is 0.482 e. The van der Waals surface area contributed by atoms with Crippen LogP contribution in [0.5, 0.6) is 5.75 Å². The second-order valence-electron chi connectivity index (χ2n) is 5.63. The molecule has 0 aliphatic heterocycles. The van der Waals surface area contributed by atoms with Crippen LogP contribution in [0.3, 0.4) is 0 Å². The predicted molar refractivity (Wildman–Crippen MR) is 99.1 cm³/mol. The number of hydrogen-bond donors (Lipinski definition) is 1. The summed E-state index contributed by atoms with van der Waals surface area (Å²) in [6.45, 7) is 2.44. The number of nitro groups is 1. The molecule has 0 aliphatic carbocycles. The maximum absolute atomic E-state index is 11.9. The zero-order valence-corrected chi connectivity index (χ0v) is 15.4. The fourth-order valence-electron chi connectivity index (χ4n) is 2.18. The van der Waals surface area contributed by atoms with Crippen molar-refractivity contribution in [3.8, 4) is 5.75 Å². The lowest BCUT2D eigenvalue weighted by atomic mass is 10.1. The molecule has 2 rings (SSSR count). The van der Waals surface area contributed by atoms with Crippen LogP contribution in [0.4, 0.5) is 11.4 Å². The van der Waals surface area contributed by atoms with Gasteiger partial charge in [-0.05, 0) is 43.2 Å². The third-order valence-corrected chi connectivity index (χ3v) is 3.99. The molecule has 9 heteroatoms. The topological polar surface area (TPSA) is 108 Å². The number of carbonyl (C=O) groups excluding carboxylic acids is 2. The first-order valence-corrected chi connectivity index (χ1v) is 8.24. The van der Waals surface area contributed by atoms with Crippen molar-refractivity contribution in [1.29, 1.82) is 0 Å². The normalized spacial score (nSPS) is 10.2. The monoisotopic (exact) mass is 392 g/mol. The van der Waals surface area contributed by atoms with E-state index in [9.17, 15) is 19.7 Å². The molecule has 0 aromatic heterocycles. The average Bonchev–Trinajstić information content (AvgIpc) is 2.62. The molecule has 0 atom stereocenters. The number of nitro benzene ring substituents is 1. The first-order valence-electron chi connectivity index (χ1n) is 7.86. The van der Waals surface area contributed by atoms with Crippen LogP contribution in [0.2, 0.25) is 5.02 Å². The molecule has 1 amide bonds. The van der Waals surface area contributed by atoms with Gasteiger partial charge in [0.2, 0.25) is 0 Å². The molecule has 0 spiro atoms. The third kappa shape index (κ3) is 5.68. The Labute approximate surface area is 160 Å². The van der Waals surface area contributed by atoms with Crippen LogP contribution in [0.15, 0.2) is 36.4 Å². The Bertz CT molecular complexity index is 884.